The van der Waals surface area contributed by atoms with Crippen LogP contribution in [-0.4, -0.2) is 43.8 Å². The maximum atomic E-state index is 13.1. The number of rotatable bonds is 11. The zero-order chi connectivity index (χ0) is 23.0. The molecule has 0 aliphatic carbocycles. The van der Waals surface area contributed by atoms with Crippen molar-refractivity contribution >= 4 is 49.8 Å². The van der Waals surface area contributed by atoms with Crippen LogP contribution >= 0.6 is 28.3 Å². The van der Waals surface area contributed by atoms with Crippen LogP contribution in [0.1, 0.15) is 21.5 Å². The summed E-state index contributed by atoms with van der Waals surface area (Å²) in [5.74, 6) is -0.0445. The van der Waals surface area contributed by atoms with E-state index in [-0.39, 0.29) is 31.3 Å². The molecule has 0 atom stereocenters. The molecule has 0 heterocycles. The molecular formula is C25H28BrClN2O3S. The van der Waals surface area contributed by atoms with Gasteiger partial charge >= 0.3 is 0 Å². The highest BCUT2D eigenvalue weighted by Gasteiger charge is 2.20. The highest BCUT2D eigenvalue weighted by molar-refractivity contribution is 9.09. The SMILES string of the molecule is CS(=O)(=O)N(Cc1ccccc1)c1cccc(C(=O)CN(CCBr)Cc2ccccc2)c1.Cl. The van der Waals surface area contributed by atoms with Gasteiger partial charge in [0.05, 0.1) is 25.0 Å². The molecule has 0 spiro atoms. The van der Waals surface area contributed by atoms with Gasteiger partial charge < -0.3 is 0 Å². The van der Waals surface area contributed by atoms with E-state index in [1.807, 2.05) is 60.7 Å². The van der Waals surface area contributed by atoms with Gasteiger partial charge in [0.15, 0.2) is 5.78 Å². The van der Waals surface area contributed by atoms with Crippen molar-refractivity contribution in [2.24, 2.45) is 0 Å². The Kier molecular flexibility index (Phi) is 10.6. The fraction of sp³-hybridized carbons (Fsp3) is 0.240. The Morgan fingerprint density at radius 1 is 0.848 bits per heavy atom. The van der Waals surface area contributed by atoms with Gasteiger partial charge in [0, 0.05) is 24.0 Å². The maximum absolute atomic E-state index is 13.1. The van der Waals surface area contributed by atoms with E-state index in [0.29, 0.717) is 17.8 Å². The molecule has 0 saturated heterocycles. The minimum atomic E-state index is -3.53. The van der Waals surface area contributed by atoms with Gasteiger partial charge in [-0.1, -0.05) is 88.7 Å². The lowest BCUT2D eigenvalue weighted by Crippen LogP contribution is -2.32. The number of hydrogen-bond donors (Lipinski definition) is 0. The van der Waals surface area contributed by atoms with Crippen LogP contribution in [0, 0.1) is 0 Å². The number of halogens is 2. The van der Waals surface area contributed by atoms with Gasteiger partial charge in [-0.15, -0.1) is 12.4 Å². The molecule has 0 unspecified atom stereocenters. The zero-order valence-corrected chi connectivity index (χ0v) is 21.7. The second-order valence-electron chi connectivity index (χ2n) is 7.61. The topological polar surface area (TPSA) is 57.7 Å². The van der Waals surface area contributed by atoms with Crippen molar-refractivity contribution < 1.29 is 13.2 Å². The van der Waals surface area contributed by atoms with E-state index in [1.165, 1.54) is 10.6 Å². The first-order valence-electron chi connectivity index (χ1n) is 10.3. The summed E-state index contributed by atoms with van der Waals surface area (Å²) in [6.45, 7) is 1.85. The van der Waals surface area contributed by atoms with Crippen molar-refractivity contribution in [3.8, 4) is 0 Å². The third-order valence-electron chi connectivity index (χ3n) is 5.04. The summed E-state index contributed by atoms with van der Waals surface area (Å²) < 4.78 is 26.4. The number of Topliss-reactive ketones (excluding diaryl/α,β-unsaturated/α-hetero) is 1. The molecule has 3 aromatic carbocycles. The van der Waals surface area contributed by atoms with Crippen LogP contribution in [0.5, 0.6) is 0 Å². The van der Waals surface area contributed by atoms with E-state index in [0.717, 1.165) is 23.0 Å². The van der Waals surface area contributed by atoms with E-state index in [9.17, 15) is 13.2 Å². The van der Waals surface area contributed by atoms with Gasteiger partial charge in [-0.25, -0.2) is 8.42 Å². The van der Waals surface area contributed by atoms with Gasteiger partial charge in [-0.3, -0.25) is 14.0 Å². The Hall–Kier alpha value is -2.19. The summed E-state index contributed by atoms with van der Waals surface area (Å²) in [5, 5.41) is 0.756. The molecule has 0 fully saturated rings. The molecule has 0 amide bonds. The minimum Gasteiger partial charge on any atom is -0.293 e. The molecule has 0 N–H and O–H groups in total. The summed E-state index contributed by atoms with van der Waals surface area (Å²) in [7, 11) is -3.53. The van der Waals surface area contributed by atoms with Crippen molar-refractivity contribution in [3.05, 3.63) is 102 Å². The summed E-state index contributed by atoms with van der Waals surface area (Å²) in [5.41, 5.74) is 3.00. The Balaban J connectivity index is 0.00000385. The Bertz CT molecular complexity index is 1130. The number of sulfonamides is 1. The lowest BCUT2D eigenvalue weighted by atomic mass is 10.1. The first kappa shape index (κ1) is 27.1. The summed E-state index contributed by atoms with van der Waals surface area (Å²) in [6.07, 6.45) is 1.18. The van der Waals surface area contributed by atoms with Crippen LogP contribution in [0.4, 0.5) is 5.69 Å². The second-order valence-corrected chi connectivity index (χ2v) is 10.3. The molecule has 176 valence electrons. The Labute approximate surface area is 211 Å². The van der Waals surface area contributed by atoms with Crippen LogP contribution in [-0.2, 0) is 23.1 Å². The van der Waals surface area contributed by atoms with Gasteiger partial charge in [0.1, 0.15) is 0 Å². The smallest absolute Gasteiger partial charge is 0.232 e. The molecule has 3 rings (SSSR count). The molecular weight excluding hydrogens is 524 g/mol. The number of nitrogens with zero attached hydrogens (tertiary/aromatic N) is 2. The van der Waals surface area contributed by atoms with Crippen molar-refractivity contribution in [1.29, 1.82) is 0 Å². The number of carbonyl (C=O) groups excluding carboxylic acids is 1. The van der Waals surface area contributed by atoms with E-state index in [2.05, 4.69) is 20.8 Å². The van der Waals surface area contributed by atoms with Crippen molar-refractivity contribution in [2.75, 3.05) is 29.0 Å². The van der Waals surface area contributed by atoms with Crippen molar-refractivity contribution in [2.45, 2.75) is 13.1 Å². The predicted molar refractivity (Wildman–Crippen MR) is 141 cm³/mol. The lowest BCUT2D eigenvalue weighted by Gasteiger charge is -2.24. The van der Waals surface area contributed by atoms with E-state index >= 15 is 0 Å². The van der Waals surface area contributed by atoms with Crippen LogP contribution in [0.3, 0.4) is 0 Å². The van der Waals surface area contributed by atoms with Crippen molar-refractivity contribution in [1.82, 2.24) is 4.90 Å². The number of anilines is 1. The lowest BCUT2D eigenvalue weighted by molar-refractivity contribution is 0.0930. The number of benzene rings is 3. The number of hydrogen-bond acceptors (Lipinski definition) is 4. The molecule has 0 radical (unpaired) electrons. The molecule has 5 nitrogen and oxygen atoms in total. The minimum absolute atomic E-state index is 0. The molecule has 8 heteroatoms. The molecule has 0 aliphatic heterocycles. The van der Waals surface area contributed by atoms with Crippen LogP contribution < -0.4 is 4.31 Å². The molecule has 0 saturated carbocycles. The van der Waals surface area contributed by atoms with Gasteiger partial charge in [-0.2, -0.15) is 0 Å². The van der Waals surface area contributed by atoms with Crippen molar-refractivity contribution in [3.63, 3.8) is 0 Å². The molecule has 0 aromatic heterocycles. The maximum Gasteiger partial charge on any atom is 0.232 e. The molecule has 0 aliphatic rings. The van der Waals surface area contributed by atoms with Crippen LogP contribution in [0.25, 0.3) is 0 Å². The van der Waals surface area contributed by atoms with Crippen LogP contribution in [0.2, 0.25) is 0 Å². The summed E-state index contributed by atoms with van der Waals surface area (Å²) >= 11 is 3.47. The fourth-order valence-electron chi connectivity index (χ4n) is 3.45. The summed E-state index contributed by atoms with van der Waals surface area (Å²) in [4.78, 5) is 15.2. The average Bonchev–Trinajstić information content (AvgIpc) is 2.78. The highest BCUT2D eigenvalue weighted by atomic mass is 79.9. The largest absolute Gasteiger partial charge is 0.293 e. The second kappa shape index (κ2) is 12.9. The number of ketones is 1. The summed E-state index contributed by atoms with van der Waals surface area (Å²) in [6, 6.07) is 26.3. The first-order valence-corrected chi connectivity index (χ1v) is 13.3. The number of alkyl halides is 1. The molecule has 0 bridgehead atoms. The zero-order valence-electron chi connectivity index (χ0n) is 18.4. The monoisotopic (exact) mass is 550 g/mol. The molecule has 3 aromatic rings. The van der Waals surface area contributed by atoms with Gasteiger partial charge in [0.25, 0.3) is 0 Å². The van der Waals surface area contributed by atoms with E-state index in [1.54, 1.807) is 24.3 Å². The first-order chi connectivity index (χ1) is 15.4. The normalized spacial score (nSPS) is 11.1. The predicted octanol–water partition coefficient (Wildman–Crippen LogP) is 5.15. The number of carbonyl (C=O) groups is 1. The standard InChI is InChI=1S/C25H27BrN2O3S.ClH/c1-32(30,31)28(19-22-11-6-3-7-12-22)24-14-8-13-23(17-24)25(29)20-27(16-15-26)18-21-9-4-2-5-10-21;/h2-14,17H,15-16,18-20H2,1H3;1H. The Morgan fingerprint density at radius 3 is 1.97 bits per heavy atom. The Morgan fingerprint density at radius 2 is 1.42 bits per heavy atom. The van der Waals surface area contributed by atoms with E-state index in [4.69, 9.17) is 0 Å². The third kappa shape index (κ3) is 8.27. The third-order valence-corrected chi connectivity index (χ3v) is 6.54. The van der Waals surface area contributed by atoms with Gasteiger partial charge in [-0.05, 0) is 23.3 Å². The highest BCUT2D eigenvalue weighted by Crippen LogP contribution is 2.22. The quantitative estimate of drug-likeness (QED) is 0.244. The van der Waals surface area contributed by atoms with Gasteiger partial charge in [0.2, 0.25) is 10.0 Å². The molecule has 33 heavy (non-hydrogen) atoms. The fourth-order valence-corrected chi connectivity index (χ4v) is 4.83. The average molecular weight is 552 g/mol. The van der Waals surface area contributed by atoms with Crippen LogP contribution in [0.15, 0.2) is 84.9 Å². The van der Waals surface area contributed by atoms with E-state index < -0.39 is 10.0 Å².